The first-order valence-electron chi connectivity index (χ1n) is 10.2. The van der Waals surface area contributed by atoms with Crippen LogP contribution in [0.4, 0.5) is 0 Å². The maximum atomic E-state index is 6.58. The Labute approximate surface area is 187 Å². The maximum Gasteiger partial charge on any atom is 0.149 e. The number of rotatable bonds is 8. The summed E-state index contributed by atoms with van der Waals surface area (Å²) in [5.74, 6) is 2.33. The van der Waals surface area contributed by atoms with Crippen LogP contribution in [0.25, 0.3) is 10.9 Å². The van der Waals surface area contributed by atoms with Gasteiger partial charge in [-0.15, -0.1) is 0 Å². The van der Waals surface area contributed by atoms with Crippen LogP contribution in [-0.4, -0.2) is 24.0 Å². The van der Waals surface area contributed by atoms with Crippen LogP contribution >= 0.6 is 11.6 Å². The normalized spacial score (nSPS) is 12.4. The van der Waals surface area contributed by atoms with Crippen LogP contribution in [0.15, 0.2) is 71.3 Å². The molecule has 160 valence electrons. The van der Waals surface area contributed by atoms with E-state index in [-0.39, 0.29) is 6.04 Å². The van der Waals surface area contributed by atoms with Crippen LogP contribution in [0, 0.1) is 0 Å². The number of hydrogen-bond acceptors (Lipinski definition) is 5. The Morgan fingerprint density at radius 1 is 1.10 bits per heavy atom. The minimum absolute atomic E-state index is 0.327. The third-order valence-corrected chi connectivity index (χ3v) is 5.37. The summed E-state index contributed by atoms with van der Waals surface area (Å²) >= 11 is 6.58. The van der Waals surface area contributed by atoms with Gasteiger partial charge in [0.25, 0.3) is 0 Å². The minimum Gasteiger partial charge on any atom is -0.486 e. The molecule has 0 spiro atoms. The average Bonchev–Trinajstić information content (AvgIpc) is 3.22. The van der Waals surface area contributed by atoms with E-state index in [1.54, 1.807) is 6.20 Å². The summed E-state index contributed by atoms with van der Waals surface area (Å²) in [6.45, 7) is 1.16. The summed E-state index contributed by atoms with van der Waals surface area (Å²) in [5.41, 5.74) is 9.24. The highest BCUT2D eigenvalue weighted by Gasteiger charge is 2.19. The quantitative estimate of drug-likeness (QED) is 0.403. The number of furan rings is 1. The van der Waals surface area contributed by atoms with Crippen LogP contribution in [0.1, 0.15) is 28.7 Å². The highest BCUT2D eigenvalue weighted by molar-refractivity contribution is 6.35. The van der Waals surface area contributed by atoms with Crippen LogP contribution in [0.3, 0.4) is 0 Å². The number of aromatic nitrogens is 1. The molecule has 1 atom stereocenters. The molecule has 2 N–H and O–H groups in total. The Bertz CT molecular complexity index is 1160. The molecule has 0 radical (unpaired) electrons. The van der Waals surface area contributed by atoms with E-state index >= 15 is 0 Å². The van der Waals surface area contributed by atoms with Crippen molar-refractivity contribution in [1.82, 2.24) is 9.88 Å². The second-order valence-corrected chi connectivity index (χ2v) is 8.28. The van der Waals surface area contributed by atoms with Crippen molar-refractivity contribution in [2.45, 2.75) is 25.6 Å². The number of halogens is 1. The van der Waals surface area contributed by atoms with Gasteiger partial charge in [0, 0.05) is 11.6 Å². The molecule has 0 aliphatic carbocycles. The molecule has 0 saturated heterocycles. The Morgan fingerprint density at radius 2 is 1.90 bits per heavy atom. The van der Waals surface area contributed by atoms with Crippen molar-refractivity contribution in [3.05, 3.63) is 94.5 Å². The predicted octanol–water partition coefficient (Wildman–Crippen LogP) is 5.36. The third-order valence-electron chi connectivity index (χ3n) is 5.06. The van der Waals surface area contributed by atoms with Gasteiger partial charge in [0.1, 0.15) is 29.4 Å². The minimum atomic E-state index is -0.327. The van der Waals surface area contributed by atoms with Crippen LogP contribution in [0.2, 0.25) is 5.02 Å². The molecule has 5 nitrogen and oxygen atoms in total. The van der Waals surface area contributed by atoms with E-state index in [0.717, 1.165) is 40.1 Å². The van der Waals surface area contributed by atoms with Gasteiger partial charge in [-0.05, 0) is 62.0 Å². The number of nitrogens with zero attached hydrogens (tertiary/aromatic N) is 2. The van der Waals surface area contributed by atoms with E-state index in [1.807, 2.05) is 74.8 Å². The van der Waals surface area contributed by atoms with Crippen molar-refractivity contribution in [2.75, 3.05) is 14.1 Å². The third kappa shape index (κ3) is 5.07. The Kier molecular flexibility index (Phi) is 6.56. The number of ether oxygens (including phenoxy) is 1. The molecule has 0 aliphatic rings. The van der Waals surface area contributed by atoms with Gasteiger partial charge < -0.3 is 19.8 Å². The molecular weight excluding hydrogens is 410 g/mol. The maximum absolute atomic E-state index is 6.58. The highest BCUT2D eigenvalue weighted by atomic mass is 35.5. The first-order valence-corrected chi connectivity index (χ1v) is 10.6. The lowest BCUT2D eigenvalue weighted by molar-refractivity contribution is 0.304. The number of fused-ring (bicyclic) bond motifs is 1. The lowest BCUT2D eigenvalue weighted by Gasteiger charge is -2.17. The lowest BCUT2D eigenvalue weighted by atomic mass is 10.0. The summed E-state index contributed by atoms with van der Waals surface area (Å²) in [6, 6.07) is 19.4. The van der Waals surface area contributed by atoms with E-state index in [0.29, 0.717) is 23.8 Å². The van der Waals surface area contributed by atoms with E-state index in [4.69, 9.17) is 26.5 Å². The SMILES string of the molecule is CN(C)Cc1ccc(C(N)Cc2cc(Cl)c3cccnc3c2OCc2ccccc2)o1. The second kappa shape index (κ2) is 9.52. The molecule has 2 heterocycles. The topological polar surface area (TPSA) is 64.5 Å². The Balaban J connectivity index is 1.65. The summed E-state index contributed by atoms with van der Waals surface area (Å²) in [7, 11) is 4.01. The molecule has 4 aromatic rings. The van der Waals surface area contributed by atoms with Gasteiger partial charge in [-0.2, -0.15) is 0 Å². The molecule has 6 heteroatoms. The first-order chi connectivity index (χ1) is 15.0. The van der Waals surface area contributed by atoms with Gasteiger partial charge in [-0.3, -0.25) is 4.98 Å². The van der Waals surface area contributed by atoms with E-state index in [2.05, 4.69) is 9.88 Å². The molecule has 4 rings (SSSR count). The van der Waals surface area contributed by atoms with Crippen LogP contribution in [0.5, 0.6) is 5.75 Å². The van der Waals surface area contributed by atoms with Crippen molar-refractivity contribution < 1.29 is 9.15 Å². The Hall–Kier alpha value is -2.86. The lowest BCUT2D eigenvalue weighted by Crippen LogP contribution is -2.14. The molecule has 1 unspecified atom stereocenters. The fourth-order valence-corrected chi connectivity index (χ4v) is 3.88. The number of pyridine rings is 1. The Morgan fingerprint density at radius 3 is 2.68 bits per heavy atom. The van der Waals surface area contributed by atoms with Crippen LogP contribution in [-0.2, 0) is 19.6 Å². The zero-order chi connectivity index (χ0) is 21.8. The fraction of sp³-hybridized carbons (Fsp3) is 0.240. The largest absolute Gasteiger partial charge is 0.486 e. The standard InChI is InChI=1S/C25H26ClN3O2/c1-29(2)15-19-10-11-23(31-19)22(27)14-18-13-21(26)20-9-6-12-28-24(20)25(18)30-16-17-7-4-3-5-8-17/h3-13,22H,14-16,27H2,1-2H3. The van der Waals surface area contributed by atoms with Crippen molar-refractivity contribution >= 4 is 22.5 Å². The molecule has 0 bridgehead atoms. The van der Waals surface area contributed by atoms with E-state index in [9.17, 15) is 0 Å². The van der Waals surface area contributed by atoms with E-state index in [1.165, 1.54) is 0 Å². The smallest absolute Gasteiger partial charge is 0.149 e. The summed E-state index contributed by atoms with van der Waals surface area (Å²) in [5, 5.41) is 1.49. The fourth-order valence-electron chi connectivity index (χ4n) is 3.60. The van der Waals surface area contributed by atoms with E-state index < -0.39 is 0 Å². The van der Waals surface area contributed by atoms with Gasteiger partial charge in [0.2, 0.25) is 0 Å². The van der Waals surface area contributed by atoms with Gasteiger partial charge >= 0.3 is 0 Å². The predicted molar refractivity (Wildman–Crippen MR) is 124 cm³/mol. The van der Waals surface area contributed by atoms with Crippen molar-refractivity contribution in [2.24, 2.45) is 5.73 Å². The summed E-state index contributed by atoms with van der Waals surface area (Å²) in [6.07, 6.45) is 2.27. The zero-order valence-corrected chi connectivity index (χ0v) is 18.5. The number of nitrogens with two attached hydrogens (primary N) is 1. The highest BCUT2D eigenvalue weighted by Crippen LogP contribution is 2.36. The van der Waals surface area contributed by atoms with Crippen molar-refractivity contribution in [1.29, 1.82) is 0 Å². The average molecular weight is 436 g/mol. The van der Waals surface area contributed by atoms with Crippen molar-refractivity contribution in [3.63, 3.8) is 0 Å². The summed E-state index contributed by atoms with van der Waals surface area (Å²) < 4.78 is 12.2. The molecule has 0 amide bonds. The number of benzene rings is 2. The second-order valence-electron chi connectivity index (χ2n) is 7.87. The van der Waals surface area contributed by atoms with Crippen molar-refractivity contribution in [3.8, 4) is 5.75 Å². The molecule has 2 aromatic carbocycles. The number of hydrogen-bond donors (Lipinski definition) is 1. The van der Waals surface area contributed by atoms with Gasteiger partial charge in [0.15, 0.2) is 0 Å². The summed E-state index contributed by atoms with van der Waals surface area (Å²) in [4.78, 5) is 6.61. The van der Waals surface area contributed by atoms with Gasteiger partial charge in [0.05, 0.1) is 17.6 Å². The molecular formula is C25H26ClN3O2. The zero-order valence-electron chi connectivity index (χ0n) is 17.7. The monoisotopic (exact) mass is 435 g/mol. The van der Waals surface area contributed by atoms with Gasteiger partial charge in [-0.1, -0.05) is 41.9 Å². The van der Waals surface area contributed by atoms with Crippen LogP contribution < -0.4 is 10.5 Å². The molecule has 0 aliphatic heterocycles. The molecule has 0 saturated carbocycles. The van der Waals surface area contributed by atoms with Gasteiger partial charge in [-0.25, -0.2) is 0 Å². The molecule has 31 heavy (non-hydrogen) atoms. The molecule has 0 fully saturated rings. The molecule has 2 aromatic heterocycles. The first kappa shape index (κ1) is 21.4.